The molecule has 1 saturated heterocycles. The number of anilines is 1. The topological polar surface area (TPSA) is 61.0 Å². The van der Waals surface area contributed by atoms with Gasteiger partial charge in [0.1, 0.15) is 5.01 Å². The van der Waals surface area contributed by atoms with Crippen LogP contribution in [0.1, 0.15) is 24.8 Å². The molecule has 0 spiro atoms. The number of nitrogens with zero attached hydrogens (tertiary/aromatic N) is 2. The molecule has 0 bridgehead atoms. The van der Waals surface area contributed by atoms with Gasteiger partial charge in [0.05, 0.1) is 0 Å². The van der Waals surface area contributed by atoms with Crippen LogP contribution in [0.25, 0.3) is 0 Å². The SMILES string of the molecule is CC1(c2nnc(N)s2)CCOCC1. The number of nitrogen functional groups attached to an aromatic ring is 1. The molecule has 0 aromatic carbocycles. The van der Waals surface area contributed by atoms with Crippen molar-refractivity contribution in [3.8, 4) is 0 Å². The summed E-state index contributed by atoms with van der Waals surface area (Å²) in [4.78, 5) is 0. The van der Waals surface area contributed by atoms with Gasteiger partial charge < -0.3 is 10.5 Å². The molecule has 4 nitrogen and oxygen atoms in total. The molecule has 13 heavy (non-hydrogen) atoms. The molecule has 0 aliphatic carbocycles. The second-order valence-electron chi connectivity index (χ2n) is 3.62. The maximum Gasteiger partial charge on any atom is 0.203 e. The minimum atomic E-state index is 0.132. The van der Waals surface area contributed by atoms with Gasteiger partial charge in [-0.2, -0.15) is 0 Å². The van der Waals surface area contributed by atoms with E-state index in [1.54, 1.807) is 0 Å². The highest BCUT2D eigenvalue weighted by Gasteiger charge is 2.32. The Labute approximate surface area is 81.1 Å². The Morgan fingerprint density at radius 1 is 1.38 bits per heavy atom. The van der Waals surface area contributed by atoms with E-state index in [0.717, 1.165) is 31.1 Å². The summed E-state index contributed by atoms with van der Waals surface area (Å²) < 4.78 is 5.32. The molecule has 0 saturated carbocycles. The highest BCUT2D eigenvalue weighted by atomic mass is 32.1. The molecule has 0 amide bonds. The standard InChI is InChI=1S/C8H13N3OS/c1-8(2-4-12-5-3-8)6-10-11-7(9)13-6/h2-5H2,1H3,(H2,9,11). The number of hydrogen-bond acceptors (Lipinski definition) is 5. The Morgan fingerprint density at radius 3 is 2.62 bits per heavy atom. The van der Waals surface area contributed by atoms with Gasteiger partial charge in [0.25, 0.3) is 0 Å². The highest BCUT2D eigenvalue weighted by Crippen LogP contribution is 2.36. The Bertz CT molecular complexity index is 293. The van der Waals surface area contributed by atoms with Crippen LogP contribution in [0.2, 0.25) is 0 Å². The van der Waals surface area contributed by atoms with E-state index in [1.807, 2.05) is 0 Å². The van der Waals surface area contributed by atoms with Crippen LogP contribution in [0.15, 0.2) is 0 Å². The second-order valence-corrected chi connectivity index (χ2v) is 4.63. The van der Waals surface area contributed by atoms with E-state index >= 15 is 0 Å². The van der Waals surface area contributed by atoms with E-state index in [1.165, 1.54) is 11.3 Å². The Balaban J connectivity index is 2.22. The van der Waals surface area contributed by atoms with Crippen molar-refractivity contribution in [2.24, 2.45) is 0 Å². The second kappa shape index (κ2) is 3.23. The smallest absolute Gasteiger partial charge is 0.203 e. The zero-order valence-electron chi connectivity index (χ0n) is 7.62. The van der Waals surface area contributed by atoms with E-state index in [4.69, 9.17) is 10.5 Å². The fourth-order valence-corrected chi connectivity index (χ4v) is 2.33. The summed E-state index contributed by atoms with van der Waals surface area (Å²) in [6.45, 7) is 3.83. The van der Waals surface area contributed by atoms with Gasteiger partial charge in [-0.3, -0.25) is 0 Å². The van der Waals surface area contributed by atoms with Gasteiger partial charge in [0.2, 0.25) is 5.13 Å². The van der Waals surface area contributed by atoms with Crippen LogP contribution < -0.4 is 5.73 Å². The van der Waals surface area contributed by atoms with Gasteiger partial charge in [0.15, 0.2) is 0 Å². The van der Waals surface area contributed by atoms with E-state index < -0.39 is 0 Å². The predicted molar refractivity (Wildman–Crippen MR) is 51.7 cm³/mol. The van der Waals surface area contributed by atoms with Gasteiger partial charge in [-0.25, -0.2) is 0 Å². The number of ether oxygens (including phenoxy) is 1. The average molecular weight is 199 g/mol. The maximum atomic E-state index is 5.56. The first kappa shape index (κ1) is 8.90. The van der Waals surface area contributed by atoms with Gasteiger partial charge >= 0.3 is 0 Å². The zero-order chi connectivity index (χ0) is 9.31. The van der Waals surface area contributed by atoms with Crippen molar-refractivity contribution >= 4 is 16.5 Å². The molecular formula is C8H13N3OS. The van der Waals surface area contributed by atoms with E-state index in [0.29, 0.717) is 5.13 Å². The average Bonchev–Trinajstić information content (AvgIpc) is 2.54. The normalized spacial score (nSPS) is 21.6. The first-order chi connectivity index (χ1) is 6.21. The largest absolute Gasteiger partial charge is 0.381 e. The minimum Gasteiger partial charge on any atom is -0.381 e. The molecule has 72 valence electrons. The Hall–Kier alpha value is -0.680. The minimum absolute atomic E-state index is 0.132. The lowest BCUT2D eigenvalue weighted by Crippen LogP contribution is -2.30. The van der Waals surface area contributed by atoms with Crippen LogP contribution in [0, 0.1) is 0 Å². The van der Waals surface area contributed by atoms with Crippen LogP contribution in [0.5, 0.6) is 0 Å². The van der Waals surface area contributed by atoms with Crippen LogP contribution in [0.4, 0.5) is 5.13 Å². The molecule has 5 heteroatoms. The van der Waals surface area contributed by atoms with Gasteiger partial charge in [0, 0.05) is 18.6 Å². The quantitative estimate of drug-likeness (QED) is 0.738. The predicted octanol–water partition coefficient (Wildman–Crippen LogP) is 1.19. The third kappa shape index (κ3) is 1.66. The fraction of sp³-hybridized carbons (Fsp3) is 0.750. The zero-order valence-corrected chi connectivity index (χ0v) is 8.43. The molecule has 0 radical (unpaired) electrons. The summed E-state index contributed by atoms with van der Waals surface area (Å²) in [5.41, 5.74) is 5.69. The first-order valence-corrected chi connectivity index (χ1v) is 5.20. The Morgan fingerprint density at radius 2 is 2.08 bits per heavy atom. The summed E-state index contributed by atoms with van der Waals surface area (Å²) in [5, 5.41) is 9.55. The third-order valence-electron chi connectivity index (χ3n) is 2.55. The van der Waals surface area contributed by atoms with E-state index in [9.17, 15) is 0 Å². The molecule has 1 aromatic rings. The first-order valence-electron chi connectivity index (χ1n) is 4.38. The molecular weight excluding hydrogens is 186 g/mol. The summed E-state index contributed by atoms with van der Waals surface area (Å²) >= 11 is 1.49. The summed E-state index contributed by atoms with van der Waals surface area (Å²) in [7, 11) is 0. The van der Waals surface area contributed by atoms with Crippen LogP contribution in [0.3, 0.4) is 0 Å². The number of aromatic nitrogens is 2. The van der Waals surface area contributed by atoms with Crippen molar-refractivity contribution in [3.05, 3.63) is 5.01 Å². The monoisotopic (exact) mass is 199 g/mol. The molecule has 2 rings (SSSR count). The number of hydrogen-bond donors (Lipinski definition) is 1. The molecule has 2 N–H and O–H groups in total. The van der Waals surface area contributed by atoms with Crippen molar-refractivity contribution < 1.29 is 4.74 Å². The molecule has 1 aromatic heterocycles. The van der Waals surface area contributed by atoms with Gasteiger partial charge in [-0.15, -0.1) is 10.2 Å². The number of rotatable bonds is 1. The van der Waals surface area contributed by atoms with E-state index in [-0.39, 0.29) is 5.41 Å². The van der Waals surface area contributed by atoms with Crippen molar-refractivity contribution in [1.82, 2.24) is 10.2 Å². The summed E-state index contributed by atoms with van der Waals surface area (Å²) in [5.74, 6) is 0. The Kier molecular flexibility index (Phi) is 2.21. The molecule has 0 unspecified atom stereocenters. The van der Waals surface area contributed by atoms with Crippen molar-refractivity contribution in [2.45, 2.75) is 25.2 Å². The lowest BCUT2D eigenvalue weighted by Gasteiger charge is -2.30. The van der Waals surface area contributed by atoms with Gasteiger partial charge in [-0.1, -0.05) is 18.3 Å². The maximum absolute atomic E-state index is 5.56. The molecule has 1 aliphatic rings. The van der Waals surface area contributed by atoms with Crippen LogP contribution in [-0.2, 0) is 10.2 Å². The fourth-order valence-electron chi connectivity index (χ4n) is 1.51. The van der Waals surface area contributed by atoms with Gasteiger partial charge in [-0.05, 0) is 12.8 Å². The molecule has 1 aliphatic heterocycles. The third-order valence-corrected chi connectivity index (χ3v) is 3.61. The lowest BCUT2D eigenvalue weighted by atomic mass is 9.83. The summed E-state index contributed by atoms with van der Waals surface area (Å²) in [6, 6.07) is 0. The van der Waals surface area contributed by atoms with Crippen LogP contribution in [-0.4, -0.2) is 23.4 Å². The molecule has 0 atom stereocenters. The molecule has 1 fully saturated rings. The van der Waals surface area contributed by atoms with Crippen molar-refractivity contribution in [1.29, 1.82) is 0 Å². The van der Waals surface area contributed by atoms with Crippen LogP contribution >= 0.6 is 11.3 Å². The number of nitrogens with two attached hydrogens (primary N) is 1. The van der Waals surface area contributed by atoms with Crippen molar-refractivity contribution in [2.75, 3.05) is 18.9 Å². The lowest BCUT2D eigenvalue weighted by molar-refractivity contribution is 0.0561. The van der Waals surface area contributed by atoms with Crippen molar-refractivity contribution in [3.63, 3.8) is 0 Å². The molecule has 2 heterocycles. The highest BCUT2D eigenvalue weighted by molar-refractivity contribution is 7.15. The summed E-state index contributed by atoms with van der Waals surface area (Å²) in [6.07, 6.45) is 2.03. The van der Waals surface area contributed by atoms with E-state index in [2.05, 4.69) is 17.1 Å².